The minimum Gasteiger partial charge on any atom is -0.460 e. The highest BCUT2D eigenvalue weighted by molar-refractivity contribution is 5.89. The van der Waals surface area contributed by atoms with E-state index < -0.39 is 0 Å². The molecule has 0 radical (unpaired) electrons. The number of esters is 1. The van der Waals surface area contributed by atoms with E-state index in [4.69, 9.17) is 10.5 Å². The minimum absolute atomic E-state index is 0.118. The maximum Gasteiger partial charge on any atom is 0.338 e. The number of nitrogens with two attached hydrogens (primary N) is 1. The van der Waals surface area contributed by atoms with Crippen molar-refractivity contribution >= 4 is 5.97 Å². The zero-order valence-corrected chi connectivity index (χ0v) is 7.57. The second-order valence-corrected chi connectivity index (χ2v) is 2.94. The van der Waals surface area contributed by atoms with Crippen LogP contribution in [0.1, 0.15) is 17.3 Å². The van der Waals surface area contributed by atoms with Gasteiger partial charge in [0, 0.05) is 6.04 Å². The summed E-state index contributed by atoms with van der Waals surface area (Å²) >= 11 is 0. The maximum atomic E-state index is 11.3. The van der Waals surface area contributed by atoms with Gasteiger partial charge in [-0.3, -0.25) is 0 Å². The van der Waals surface area contributed by atoms with Gasteiger partial charge in [-0.25, -0.2) is 4.79 Å². The van der Waals surface area contributed by atoms with Gasteiger partial charge in [-0.2, -0.15) is 0 Å². The van der Waals surface area contributed by atoms with Gasteiger partial charge in [-0.1, -0.05) is 18.2 Å². The van der Waals surface area contributed by atoms with Crippen molar-refractivity contribution in [3.63, 3.8) is 0 Å². The fourth-order valence-electron chi connectivity index (χ4n) is 0.865. The van der Waals surface area contributed by atoms with Crippen LogP contribution in [-0.2, 0) is 4.74 Å². The molecule has 3 heteroatoms. The Kier molecular flexibility index (Phi) is 3.46. The van der Waals surface area contributed by atoms with Crippen molar-refractivity contribution in [3.05, 3.63) is 35.9 Å². The van der Waals surface area contributed by atoms with Gasteiger partial charge in [0.05, 0.1) is 5.56 Å². The summed E-state index contributed by atoms with van der Waals surface area (Å²) in [6.45, 7) is 2.05. The first-order valence-electron chi connectivity index (χ1n) is 4.18. The standard InChI is InChI=1S/C10H13NO2/c1-8(11)7-13-10(12)9-5-3-2-4-6-9/h2-6,8H,7,11H2,1H3. The average molecular weight is 179 g/mol. The molecule has 70 valence electrons. The second kappa shape index (κ2) is 4.62. The SMILES string of the molecule is CC(N)COC(=O)c1ccccc1. The number of ether oxygens (including phenoxy) is 1. The van der Waals surface area contributed by atoms with Crippen LogP contribution in [0, 0.1) is 0 Å². The smallest absolute Gasteiger partial charge is 0.338 e. The van der Waals surface area contributed by atoms with Crippen molar-refractivity contribution in [3.8, 4) is 0 Å². The van der Waals surface area contributed by atoms with E-state index in [0.717, 1.165) is 0 Å². The summed E-state index contributed by atoms with van der Waals surface area (Å²) in [4.78, 5) is 11.3. The monoisotopic (exact) mass is 179 g/mol. The molecule has 0 saturated carbocycles. The third-order valence-electron chi connectivity index (χ3n) is 1.49. The molecule has 3 nitrogen and oxygen atoms in total. The molecule has 1 aromatic carbocycles. The second-order valence-electron chi connectivity index (χ2n) is 2.94. The average Bonchev–Trinajstić information content (AvgIpc) is 2.15. The largest absolute Gasteiger partial charge is 0.460 e. The minimum atomic E-state index is -0.321. The molecule has 1 atom stereocenters. The van der Waals surface area contributed by atoms with Crippen LogP contribution in [-0.4, -0.2) is 18.6 Å². The van der Waals surface area contributed by atoms with Crippen LogP contribution in [0.2, 0.25) is 0 Å². The molecule has 1 unspecified atom stereocenters. The van der Waals surface area contributed by atoms with Crippen molar-refractivity contribution in [1.82, 2.24) is 0 Å². The Labute approximate surface area is 77.5 Å². The molecule has 0 spiro atoms. The van der Waals surface area contributed by atoms with Crippen molar-refractivity contribution in [2.75, 3.05) is 6.61 Å². The third kappa shape index (κ3) is 3.25. The Morgan fingerprint density at radius 2 is 2.08 bits per heavy atom. The van der Waals surface area contributed by atoms with Crippen LogP contribution in [0.4, 0.5) is 0 Å². The van der Waals surface area contributed by atoms with Crippen LogP contribution in [0.25, 0.3) is 0 Å². The van der Waals surface area contributed by atoms with Gasteiger partial charge >= 0.3 is 5.97 Å². The van der Waals surface area contributed by atoms with E-state index in [1.165, 1.54) is 0 Å². The first-order valence-corrected chi connectivity index (χ1v) is 4.18. The zero-order valence-electron chi connectivity index (χ0n) is 7.57. The molecule has 0 fully saturated rings. The van der Waals surface area contributed by atoms with Gasteiger partial charge in [0.1, 0.15) is 6.61 Å². The van der Waals surface area contributed by atoms with E-state index in [9.17, 15) is 4.79 Å². The lowest BCUT2D eigenvalue weighted by Gasteiger charge is -2.06. The lowest BCUT2D eigenvalue weighted by Crippen LogP contribution is -2.23. The van der Waals surface area contributed by atoms with Crippen LogP contribution in [0.3, 0.4) is 0 Å². The van der Waals surface area contributed by atoms with Gasteiger partial charge < -0.3 is 10.5 Å². The fraction of sp³-hybridized carbons (Fsp3) is 0.300. The Bertz CT molecular complexity index is 270. The molecule has 0 amide bonds. The lowest BCUT2D eigenvalue weighted by atomic mass is 10.2. The highest BCUT2D eigenvalue weighted by atomic mass is 16.5. The molecule has 0 aliphatic carbocycles. The topological polar surface area (TPSA) is 52.3 Å². The third-order valence-corrected chi connectivity index (χ3v) is 1.49. The van der Waals surface area contributed by atoms with E-state index in [-0.39, 0.29) is 18.6 Å². The number of carbonyl (C=O) groups is 1. The number of benzene rings is 1. The molecule has 0 saturated heterocycles. The number of hydrogen-bond donors (Lipinski definition) is 1. The quantitative estimate of drug-likeness (QED) is 0.709. The summed E-state index contributed by atoms with van der Waals surface area (Å²) in [6.07, 6.45) is 0. The molecular formula is C10H13NO2. The normalized spacial score (nSPS) is 12.2. The highest BCUT2D eigenvalue weighted by Gasteiger charge is 2.06. The van der Waals surface area contributed by atoms with Crippen LogP contribution in [0.15, 0.2) is 30.3 Å². The highest BCUT2D eigenvalue weighted by Crippen LogP contribution is 2.00. The number of hydrogen-bond acceptors (Lipinski definition) is 3. The van der Waals surface area contributed by atoms with E-state index in [1.807, 2.05) is 6.07 Å². The van der Waals surface area contributed by atoms with Crippen molar-refractivity contribution in [2.45, 2.75) is 13.0 Å². The number of carbonyl (C=O) groups excluding carboxylic acids is 1. The summed E-state index contributed by atoms with van der Waals surface area (Å²) in [6, 6.07) is 8.74. The van der Waals surface area contributed by atoms with E-state index in [0.29, 0.717) is 5.56 Å². The first-order chi connectivity index (χ1) is 6.20. The summed E-state index contributed by atoms with van der Waals surface area (Å²) in [5, 5.41) is 0. The Balaban J connectivity index is 2.50. The van der Waals surface area contributed by atoms with Crippen molar-refractivity contribution < 1.29 is 9.53 Å². The number of rotatable bonds is 3. The van der Waals surface area contributed by atoms with E-state index >= 15 is 0 Å². The Hall–Kier alpha value is -1.35. The van der Waals surface area contributed by atoms with Crippen LogP contribution in [0.5, 0.6) is 0 Å². The van der Waals surface area contributed by atoms with Crippen LogP contribution < -0.4 is 5.73 Å². The Morgan fingerprint density at radius 3 is 2.62 bits per heavy atom. The molecule has 0 aromatic heterocycles. The predicted molar refractivity (Wildman–Crippen MR) is 50.4 cm³/mol. The van der Waals surface area contributed by atoms with Crippen molar-refractivity contribution in [1.29, 1.82) is 0 Å². The van der Waals surface area contributed by atoms with Gasteiger partial charge in [0.15, 0.2) is 0 Å². The molecule has 0 aliphatic heterocycles. The first kappa shape index (κ1) is 9.74. The summed E-state index contributed by atoms with van der Waals surface area (Å²) < 4.78 is 4.93. The van der Waals surface area contributed by atoms with Gasteiger partial charge in [0.2, 0.25) is 0 Å². The van der Waals surface area contributed by atoms with Gasteiger partial charge in [0.25, 0.3) is 0 Å². The Morgan fingerprint density at radius 1 is 1.46 bits per heavy atom. The maximum absolute atomic E-state index is 11.3. The molecular weight excluding hydrogens is 166 g/mol. The summed E-state index contributed by atoms with van der Waals surface area (Å²) in [5.41, 5.74) is 6.00. The van der Waals surface area contributed by atoms with Crippen LogP contribution >= 0.6 is 0 Å². The lowest BCUT2D eigenvalue weighted by molar-refractivity contribution is 0.0487. The van der Waals surface area contributed by atoms with Gasteiger partial charge in [-0.15, -0.1) is 0 Å². The van der Waals surface area contributed by atoms with E-state index in [1.54, 1.807) is 31.2 Å². The van der Waals surface area contributed by atoms with E-state index in [2.05, 4.69) is 0 Å². The summed E-state index contributed by atoms with van der Waals surface area (Å²) in [7, 11) is 0. The summed E-state index contributed by atoms with van der Waals surface area (Å²) in [5.74, 6) is -0.321. The molecule has 1 rings (SSSR count). The fourth-order valence-corrected chi connectivity index (χ4v) is 0.865. The molecule has 13 heavy (non-hydrogen) atoms. The molecule has 0 bridgehead atoms. The molecule has 1 aromatic rings. The molecule has 2 N–H and O–H groups in total. The van der Waals surface area contributed by atoms with Crippen molar-refractivity contribution in [2.24, 2.45) is 5.73 Å². The van der Waals surface area contributed by atoms with Gasteiger partial charge in [-0.05, 0) is 19.1 Å². The zero-order chi connectivity index (χ0) is 9.68. The molecule has 0 aliphatic rings. The molecule has 0 heterocycles. The predicted octanol–water partition coefficient (Wildman–Crippen LogP) is 1.19.